The van der Waals surface area contributed by atoms with Gasteiger partial charge in [-0.25, -0.2) is 13.1 Å². The van der Waals surface area contributed by atoms with E-state index >= 15 is 0 Å². The molecule has 0 atom stereocenters. The lowest BCUT2D eigenvalue weighted by Crippen LogP contribution is -2.29. The largest absolute Gasteiger partial charge is 0.398 e. The van der Waals surface area contributed by atoms with Gasteiger partial charge >= 0.3 is 0 Å². The number of likely N-dealkylation sites (tertiary alicyclic amines) is 1. The number of nitrogens with two attached hydrogens (primary N) is 1. The quantitative estimate of drug-likeness (QED) is 0.585. The lowest BCUT2D eigenvalue weighted by Gasteiger charge is -2.14. The third-order valence-corrected chi connectivity index (χ3v) is 4.91. The Morgan fingerprint density at radius 3 is 2.60 bits per heavy atom. The van der Waals surface area contributed by atoms with Gasteiger partial charge in [-0.1, -0.05) is 18.2 Å². The summed E-state index contributed by atoms with van der Waals surface area (Å²) in [6.07, 6.45) is 3.38. The van der Waals surface area contributed by atoms with Gasteiger partial charge in [-0.15, -0.1) is 0 Å². The molecule has 112 valence electrons. The van der Waals surface area contributed by atoms with Gasteiger partial charge in [0, 0.05) is 12.2 Å². The Morgan fingerprint density at radius 2 is 1.90 bits per heavy atom. The molecule has 0 aromatic heterocycles. The van der Waals surface area contributed by atoms with Crippen LogP contribution in [-0.2, 0) is 15.8 Å². The smallest absolute Gasteiger partial charge is 0.215 e. The zero-order chi connectivity index (χ0) is 14.4. The van der Waals surface area contributed by atoms with Crippen LogP contribution in [0, 0.1) is 0 Å². The normalized spacial score (nSPS) is 16.6. The van der Waals surface area contributed by atoms with Crippen LogP contribution in [0.3, 0.4) is 0 Å². The molecule has 2 rings (SSSR count). The van der Waals surface area contributed by atoms with E-state index in [2.05, 4.69) is 9.62 Å². The van der Waals surface area contributed by atoms with Crippen LogP contribution >= 0.6 is 0 Å². The predicted octanol–water partition coefficient (Wildman–Crippen LogP) is 1.17. The maximum absolute atomic E-state index is 12.0. The molecule has 1 aromatic carbocycles. The molecule has 3 N–H and O–H groups in total. The van der Waals surface area contributed by atoms with Crippen LogP contribution < -0.4 is 10.5 Å². The van der Waals surface area contributed by atoms with Crippen molar-refractivity contribution in [1.82, 2.24) is 9.62 Å². The highest BCUT2D eigenvalue weighted by Crippen LogP contribution is 2.13. The minimum absolute atomic E-state index is 0.0522. The summed E-state index contributed by atoms with van der Waals surface area (Å²) in [5, 5.41) is 0. The second-order valence-corrected chi connectivity index (χ2v) is 7.06. The minimum Gasteiger partial charge on any atom is -0.398 e. The monoisotopic (exact) mass is 297 g/mol. The number of hydrogen-bond donors (Lipinski definition) is 2. The van der Waals surface area contributed by atoms with Crippen LogP contribution in [0.4, 0.5) is 5.69 Å². The van der Waals surface area contributed by atoms with Crippen LogP contribution in [-0.4, -0.2) is 39.5 Å². The Labute approximate surface area is 121 Å². The summed E-state index contributed by atoms with van der Waals surface area (Å²) in [6.45, 7) is 3.75. The lowest BCUT2D eigenvalue weighted by atomic mass is 10.2. The van der Waals surface area contributed by atoms with Crippen molar-refractivity contribution in [2.45, 2.75) is 25.0 Å². The second-order valence-electron chi connectivity index (χ2n) is 5.25. The average Bonchev–Trinajstić information content (AvgIpc) is 2.90. The van der Waals surface area contributed by atoms with E-state index in [-0.39, 0.29) is 5.75 Å². The Hall–Kier alpha value is -1.11. The van der Waals surface area contributed by atoms with Crippen LogP contribution in [0.1, 0.15) is 24.8 Å². The molecule has 1 aliphatic rings. The SMILES string of the molecule is Nc1ccccc1CS(=O)(=O)NCCCN1CCCC1. The summed E-state index contributed by atoms with van der Waals surface area (Å²) in [6, 6.07) is 7.07. The first-order chi connectivity index (χ1) is 9.57. The number of nitrogens with one attached hydrogen (secondary N) is 1. The van der Waals surface area contributed by atoms with E-state index in [4.69, 9.17) is 5.73 Å². The van der Waals surface area contributed by atoms with E-state index in [1.807, 2.05) is 0 Å². The first kappa shape index (κ1) is 15.3. The predicted molar refractivity (Wildman–Crippen MR) is 81.8 cm³/mol. The van der Waals surface area contributed by atoms with Crippen molar-refractivity contribution >= 4 is 15.7 Å². The Bertz CT molecular complexity index is 525. The fourth-order valence-electron chi connectivity index (χ4n) is 2.46. The maximum Gasteiger partial charge on any atom is 0.215 e. The third kappa shape index (κ3) is 4.77. The minimum atomic E-state index is -3.30. The summed E-state index contributed by atoms with van der Waals surface area (Å²) < 4.78 is 26.6. The molecule has 1 heterocycles. The van der Waals surface area contributed by atoms with Gasteiger partial charge < -0.3 is 10.6 Å². The molecule has 0 saturated carbocycles. The van der Waals surface area contributed by atoms with E-state index < -0.39 is 10.0 Å². The van der Waals surface area contributed by atoms with Crippen molar-refractivity contribution in [3.05, 3.63) is 29.8 Å². The van der Waals surface area contributed by atoms with Crippen molar-refractivity contribution < 1.29 is 8.42 Å². The Balaban J connectivity index is 1.75. The first-order valence-corrected chi connectivity index (χ1v) is 8.75. The summed E-state index contributed by atoms with van der Waals surface area (Å²) in [7, 11) is -3.30. The summed E-state index contributed by atoms with van der Waals surface area (Å²) in [5.41, 5.74) is 6.94. The molecule has 0 radical (unpaired) electrons. The van der Waals surface area contributed by atoms with E-state index in [0.29, 0.717) is 17.8 Å². The molecular weight excluding hydrogens is 274 g/mol. The van der Waals surface area contributed by atoms with Crippen LogP contribution in [0.5, 0.6) is 0 Å². The van der Waals surface area contributed by atoms with Crippen LogP contribution in [0.2, 0.25) is 0 Å². The molecule has 5 nitrogen and oxygen atoms in total. The van der Waals surface area contributed by atoms with Crippen LogP contribution in [0.15, 0.2) is 24.3 Å². The number of benzene rings is 1. The molecular formula is C14H23N3O2S. The lowest BCUT2D eigenvalue weighted by molar-refractivity contribution is 0.334. The number of para-hydroxylation sites is 1. The highest BCUT2D eigenvalue weighted by molar-refractivity contribution is 7.88. The zero-order valence-electron chi connectivity index (χ0n) is 11.7. The van der Waals surface area contributed by atoms with Crippen molar-refractivity contribution in [2.75, 3.05) is 31.9 Å². The van der Waals surface area contributed by atoms with Crippen LogP contribution in [0.25, 0.3) is 0 Å². The molecule has 20 heavy (non-hydrogen) atoms. The van der Waals surface area contributed by atoms with Crippen molar-refractivity contribution in [1.29, 1.82) is 0 Å². The van der Waals surface area contributed by atoms with E-state index in [1.54, 1.807) is 24.3 Å². The van der Waals surface area contributed by atoms with Gasteiger partial charge in [0.15, 0.2) is 0 Å². The highest BCUT2D eigenvalue weighted by Gasteiger charge is 2.14. The van der Waals surface area contributed by atoms with Gasteiger partial charge in [0.1, 0.15) is 0 Å². The molecule has 0 bridgehead atoms. The van der Waals surface area contributed by atoms with Crippen molar-refractivity contribution in [2.24, 2.45) is 0 Å². The number of sulfonamides is 1. The van der Waals surface area contributed by atoms with Gasteiger partial charge in [-0.3, -0.25) is 0 Å². The van der Waals surface area contributed by atoms with E-state index in [0.717, 1.165) is 26.1 Å². The number of nitrogens with zero attached hydrogens (tertiary/aromatic N) is 1. The molecule has 0 amide bonds. The molecule has 1 saturated heterocycles. The average molecular weight is 297 g/mol. The zero-order valence-corrected chi connectivity index (χ0v) is 12.5. The number of anilines is 1. The fourth-order valence-corrected chi connectivity index (χ4v) is 3.69. The molecule has 0 unspecified atom stereocenters. The van der Waals surface area contributed by atoms with Gasteiger partial charge in [-0.05, 0) is 50.5 Å². The molecule has 1 aromatic rings. The topological polar surface area (TPSA) is 75.4 Å². The Kier molecular flexibility index (Phi) is 5.39. The summed E-state index contributed by atoms with van der Waals surface area (Å²) in [5.74, 6) is -0.0522. The van der Waals surface area contributed by atoms with Crippen molar-refractivity contribution in [3.8, 4) is 0 Å². The molecule has 0 aliphatic carbocycles. The first-order valence-electron chi connectivity index (χ1n) is 7.10. The molecule has 6 heteroatoms. The van der Waals surface area contributed by atoms with Gasteiger partial charge in [0.2, 0.25) is 10.0 Å². The highest BCUT2D eigenvalue weighted by atomic mass is 32.2. The standard InChI is InChI=1S/C14H23N3O2S/c15-14-7-2-1-6-13(14)12-20(18,19)16-8-5-11-17-9-3-4-10-17/h1-2,6-7,16H,3-5,8-12,15H2. The number of nitrogen functional groups attached to an aromatic ring is 1. The maximum atomic E-state index is 12.0. The van der Waals surface area contributed by atoms with E-state index in [1.165, 1.54) is 12.8 Å². The van der Waals surface area contributed by atoms with Gasteiger partial charge in [0.25, 0.3) is 0 Å². The van der Waals surface area contributed by atoms with Crippen molar-refractivity contribution in [3.63, 3.8) is 0 Å². The van der Waals surface area contributed by atoms with E-state index in [9.17, 15) is 8.42 Å². The van der Waals surface area contributed by atoms with Gasteiger partial charge in [0.05, 0.1) is 5.75 Å². The summed E-state index contributed by atoms with van der Waals surface area (Å²) in [4.78, 5) is 2.38. The second kappa shape index (κ2) is 7.06. The van der Waals surface area contributed by atoms with Gasteiger partial charge in [-0.2, -0.15) is 0 Å². The molecule has 1 aliphatic heterocycles. The third-order valence-electron chi connectivity index (χ3n) is 3.57. The number of hydrogen-bond acceptors (Lipinski definition) is 4. The molecule has 0 spiro atoms. The summed E-state index contributed by atoms with van der Waals surface area (Å²) >= 11 is 0. The Morgan fingerprint density at radius 1 is 1.20 bits per heavy atom. The fraction of sp³-hybridized carbons (Fsp3) is 0.571. The molecule has 1 fully saturated rings. The number of rotatable bonds is 7.